The maximum absolute atomic E-state index is 8.43. The molecule has 0 aromatic rings. The maximum atomic E-state index is 8.43. The van der Waals surface area contributed by atoms with Crippen molar-refractivity contribution in [2.24, 2.45) is 0 Å². The monoisotopic (exact) mass is 178 g/mol. The van der Waals surface area contributed by atoms with Gasteiger partial charge in [-0.1, -0.05) is 23.2 Å². The van der Waals surface area contributed by atoms with E-state index in [0.29, 0.717) is 5.57 Å². The summed E-state index contributed by atoms with van der Waals surface area (Å²) in [5.41, 5.74) is 0.355. The molecule has 0 bridgehead atoms. The lowest BCUT2D eigenvalue weighted by atomic mass is 10.3. The number of allylic oxidation sites excluding steroid dienone is 1. The van der Waals surface area contributed by atoms with Gasteiger partial charge in [-0.25, -0.2) is 0 Å². The lowest BCUT2D eigenvalue weighted by Gasteiger charge is -2.05. The van der Waals surface area contributed by atoms with Gasteiger partial charge >= 0.3 is 0 Å². The van der Waals surface area contributed by atoms with Gasteiger partial charge in [0.25, 0.3) is 0 Å². The van der Waals surface area contributed by atoms with Gasteiger partial charge in [-0.05, 0) is 0 Å². The number of nitrogens with zero attached hydrogens (tertiary/aromatic N) is 2. The molecule has 0 rings (SSSR count). The first kappa shape index (κ1) is 9.61. The maximum Gasteiger partial charge on any atom is 0.143 e. The van der Waals surface area contributed by atoms with Crippen LogP contribution in [0.2, 0.25) is 0 Å². The first-order valence-corrected chi connectivity index (χ1v) is 3.51. The van der Waals surface area contributed by atoms with Crippen molar-refractivity contribution in [1.82, 2.24) is 4.90 Å². The van der Waals surface area contributed by atoms with E-state index in [1.165, 1.54) is 0 Å². The Balaban J connectivity index is 4.23. The van der Waals surface area contributed by atoms with E-state index in [9.17, 15) is 0 Å². The van der Waals surface area contributed by atoms with Crippen molar-refractivity contribution in [2.45, 2.75) is 4.84 Å². The highest BCUT2D eigenvalue weighted by molar-refractivity contribution is 6.46. The second kappa shape index (κ2) is 4.43. The minimum Gasteiger partial charge on any atom is -0.383 e. The van der Waals surface area contributed by atoms with Gasteiger partial charge in [-0.15, -0.1) is 0 Å². The third-order valence-corrected chi connectivity index (χ3v) is 1.23. The van der Waals surface area contributed by atoms with Crippen LogP contribution in [0.25, 0.3) is 0 Å². The molecule has 0 unspecified atom stereocenters. The Labute approximate surface area is 70.6 Å². The van der Waals surface area contributed by atoms with Gasteiger partial charge in [0.15, 0.2) is 0 Å². The molecule has 0 aromatic carbocycles. The lowest BCUT2D eigenvalue weighted by Crippen LogP contribution is -2.05. The SMILES string of the molecule is CN(C)C=C(C#N)C(Cl)Cl. The molecule has 0 atom stereocenters. The van der Waals surface area contributed by atoms with Crippen molar-refractivity contribution in [3.05, 3.63) is 11.8 Å². The van der Waals surface area contributed by atoms with E-state index in [0.717, 1.165) is 0 Å². The van der Waals surface area contributed by atoms with Crippen LogP contribution in [0.4, 0.5) is 0 Å². The summed E-state index contributed by atoms with van der Waals surface area (Å²) < 4.78 is 0. The zero-order valence-electron chi connectivity index (χ0n) is 5.81. The molecule has 10 heavy (non-hydrogen) atoms. The zero-order valence-corrected chi connectivity index (χ0v) is 7.32. The van der Waals surface area contributed by atoms with Gasteiger partial charge in [0.1, 0.15) is 4.84 Å². The van der Waals surface area contributed by atoms with Crippen LogP contribution in [-0.4, -0.2) is 23.8 Å². The third-order valence-electron chi connectivity index (χ3n) is 0.761. The summed E-state index contributed by atoms with van der Waals surface area (Å²) in [6.07, 6.45) is 1.59. The van der Waals surface area contributed by atoms with Crippen molar-refractivity contribution in [1.29, 1.82) is 5.26 Å². The lowest BCUT2D eigenvalue weighted by molar-refractivity contribution is 0.560. The average Bonchev–Trinajstić information content (AvgIpc) is 1.81. The molecular weight excluding hydrogens is 171 g/mol. The predicted octanol–water partition coefficient (Wildman–Crippen LogP) is 1.76. The van der Waals surface area contributed by atoms with E-state index in [-0.39, 0.29) is 0 Å². The van der Waals surface area contributed by atoms with Gasteiger partial charge in [0.05, 0.1) is 11.6 Å². The fraction of sp³-hybridized carbons (Fsp3) is 0.500. The molecule has 0 amide bonds. The van der Waals surface area contributed by atoms with E-state index >= 15 is 0 Å². The Hall–Kier alpha value is -0.390. The number of rotatable bonds is 2. The van der Waals surface area contributed by atoms with Crippen molar-refractivity contribution in [3.8, 4) is 6.07 Å². The smallest absolute Gasteiger partial charge is 0.143 e. The van der Waals surface area contributed by atoms with Crippen LogP contribution in [0.1, 0.15) is 0 Å². The molecule has 0 saturated carbocycles. The standard InChI is InChI=1S/C6H8Cl2N2/c1-10(2)4-5(3-9)6(7)8/h4,6H,1-2H3. The summed E-state index contributed by atoms with van der Waals surface area (Å²) in [5.74, 6) is 0. The summed E-state index contributed by atoms with van der Waals surface area (Å²) in [4.78, 5) is 0.989. The normalized spacial score (nSPS) is 11.4. The predicted molar refractivity (Wildman–Crippen MR) is 42.9 cm³/mol. The van der Waals surface area contributed by atoms with Crippen molar-refractivity contribution in [3.63, 3.8) is 0 Å². The highest BCUT2D eigenvalue weighted by Crippen LogP contribution is 2.12. The summed E-state index contributed by atoms with van der Waals surface area (Å²) in [6.45, 7) is 0. The number of alkyl halides is 2. The third kappa shape index (κ3) is 3.60. The van der Waals surface area contributed by atoms with Gasteiger partial charge in [0, 0.05) is 20.3 Å². The molecule has 0 N–H and O–H groups in total. The molecule has 56 valence electrons. The van der Waals surface area contributed by atoms with E-state index in [1.807, 2.05) is 6.07 Å². The van der Waals surface area contributed by atoms with Crippen LogP contribution in [-0.2, 0) is 0 Å². The molecule has 0 aliphatic carbocycles. The molecule has 0 saturated heterocycles. The molecule has 0 heterocycles. The van der Waals surface area contributed by atoms with Crippen molar-refractivity contribution >= 4 is 23.2 Å². The average molecular weight is 179 g/mol. The Morgan fingerprint density at radius 2 is 2.10 bits per heavy atom. The van der Waals surface area contributed by atoms with Crippen LogP contribution < -0.4 is 0 Å². The zero-order chi connectivity index (χ0) is 8.15. The summed E-state index contributed by atoms with van der Waals surface area (Å²) in [6, 6.07) is 1.89. The Morgan fingerprint density at radius 3 is 2.20 bits per heavy atom. The summed E-state index contributed by atoms with van der Waals surface area (Å²) in [5, 5.41) is 8.43. The van der Waals surface area contributed by atoms with Crippen LogP contribution in [0.3, 0.4) is 0 Å². The number of hydrogen-bond donors (Lipinski definition) is 0. The molecule has 0 fully saturated rings. The highest BCUT2D eigenvalue weighted by atomic mass is 35.5. The first-order chi connectivity index (χ1) is 4.57. The number of hydrogen-bond acceptors (Lipinski definition) is 2. The van der Waals surface area contributed by atoms with E-state index in [1.54, 1.807) is 25.2 Å². The minimum absolute atomic E-state index is 0.355. The topological polar surface area (TPSA) is 27.0 Å². The van der Waals surface area contributed by atoms with E-state index in [4.69, 9.17) is 28.5 Å². The molecule has 0 aliphatic rings. The quantitative estimate of drug-likeness (QED) is 0.477. The molecule has 0 aliphatic heterocycles. The van der Waals surface area contributed by atoms with Gasteiger partial charge < -0.3 is 4.90 Å². The number of halogens is 2. The summed E-state index contributed by atoms with van der Waals surface area (Å²) >= 11 is 10.9. The van der Waals surface area contributed by atoms with Crippen LogP contribution in [0.5, 0.6) is 0 Å². The fourth-order valence-corrected chi connectivity index (χ4v) is 0.622. The van der Waals surface area contributed by atoms with Crippen molar-refractivity contribution in [2.75, 3.05) is 14.1 Å². The Morgan fingerprint density at radius 1 is 1.60 bits per heavy atom. The van der Waals surface area contributed by atoms with Crippen LogP contribution in [0, 0.1) is 11.3 Å². The second-order valence-electron chi connectivity index (χ2n) is 1.96. The summed E-state index contributed by atoms with van der Waals surface area (Å²) in [7, 11) is 3.60. The van der Waals surface area contributed by atoms with Gasteiger partial charge in [0.2, 0.25) is 0 Å². The fourth-order valence-electron chi connectivity index (χ4n) is 0.412. The Bertz CT molecular complexity index is 167. The van der Waals surface area contributed by atoms with Crippen molar-refractivity contribution < 1.29 is 0 Å². The molecule has 2 nitrogen and oxygen atoms in total. The van der Waals surface area contributed by atoms with Gasteiger partial charge in [-0.3, -0.25) is 0 Å². The molecule has 4 heteroatoms. The van der Waals surface area contributed by atoms with Gasteiger partial charge in [-0.2, -0.15) is 5.26 Å². The number of nitriles is 1. The minimum atomic E-state index is -0.729. The molecule has 0 radical (unpaired) electrons. The largest absolute Gasteiger partial charge is 0.383 e. The van der Waals surface area contributed by atoms with E-state index in [2.05, 4.69) is 0 Å². The van der Waals surface area contributed by atoms with E-state index < -0.39 is 4.84 Å². The Kier molecular flexibility index (Phi) is 4.26. The molecular formula is C6H8Cl2N2. The molecule has 0 aromatic heterocycles. The second-order valence-corrected chi connectivity index (χ2v) is 3.06. The van der Waals surface area contributed by atoms with Crippen LogP contribution in [0.15, 0.2) is 11.8 Å². The van der Waals surface area contributed by atoms with Crippen LogP contribution >= 0.6 is 23.2 Å². The first-order valence-electron chi connectivity index (χ1n) is 2.64. The molecule has 0 spiro atoms. The highest BCUT2D eigenvalue weighted by Gasteiger charge is 2.05.